The van der Waals surface area contributed by atoms with E-state index in [4.69, 9.17) is 0 Å². The molecule has 0 radical (unpaired) electrons. The highest BCUT2D eigenvalue weighted by atomic mass is 32.2. The number of amides is 1. The number of hydrogen-bond acceptors (Lipinski definition) is 4. The van der Waals surface area contributed by atoms with Gasteiger partial charge in [0.2, 0.25) is 5.91 Å². The first-order chi connectivity index (χ1) is 12.3. The number of nitrogens with zero attached hydrogens (tertiary/aromatic N) is 2. The van der Waals surface area contributed by atoms with Crippen LogP contribution < -0.4 is 5.32 Å². The molecule has 2 heterocycles. The Hall–Kier alpha value is -1.04. The van der Waals surface area contributed by atoms with Crippen molar-refractivity contribution in [2.24, 2.45) is 5.92 Å². The SMILES string of the molecule is CCNCC1CCN(C(=O)C(c2ccccc2)N2CCSCC2)CC1. The van der Waals surface area contributed by atoms with E-state index in [0.717, 1.165) is 69.2 Å². The molecule has 0 spiro atoms. The Kier molecular flexibility index (Phi) is 7.20. The highest BCUT2D eigenvalue weighted by Gasteiger charge is 2.33. The van der Waals surface area contributed by atoms with Crippen LogP contribution in [-0.2, 0) is 4.79 Å². The zero-order valence-electron chi connectivity index (χ0n) is 15.3. The summed E-state index contributed by atoms with van der Waals surface area (Å²) in [6.07, 6.45) is 2.24. The van der Waals surface area contributed by atoms with Crippen LogP contribution in [-0.4, -0.2) is 66.5 Å². The summed E-state index contributed by atoms with van der Waals surface area (Å²) in [5.74, 6) is 3.27. The molecule has 1 aromatic carbocycles. The minimum Gasteiger partial charge on any atom is -0.341 e. The number of carbonyl (C=O) groups excluding carboxylic acids is 1. The molecule has 0 aliphatic carbocycles. The van der Waals surface area contributed by atoms with Gasteiger partial charge in [-0.05, 0) is 37.4 Å². The zero-order chi connectivity index (χ0) is 17.5. The summed E-state index contributed by atoms with van der Waals surface area (Å²) in [5, 5.41) is 3.45. The van der Waals surface area contributed by atoms with E-state index in [2.05, 4.69) is 46.3 Å². The molecule has 2 saturated heterocycles. The van der Waals surface area contributed by atoms with Crippen LogP contribution in [0.15, 0.2) is 30.3 Å². The molecule has 1 N–H and O–H groups in total. The second-order valence-electron chi connectivity index (χ2n) is 7.04. The van der Waals surface area contributed by atoms with Crippen molar-refractivity contribution in [3.63, 3.8) is 0 Å². The summed E-state index contributed by atoms with van der Waals surface area (Å²) in [6.45, 7) is 8.09. The van der Waals surface area contributed by atoms with E-state index in [1.165, 1.54) is 0 Å². The van der Waals surface area contributed by atoms with Crippen molar-refractivity contribution in [2.75, 3.05) is 50.8 Å². The first-order valence-corrected chi connectivity index (χ1v) is 10.8. The van der Waals surface area contributed by atoms with Gasteiger partial charge in [-0.3, -0.25) is 9.69 Å². The summed E-state index contributed by atoms with van der Waals surface area (Å²) in [4.78, 5) is 17.9. The first kappa shape index (κ1) is 18.7. The van der Waals surface area contributed by atoms with Crippen molar-refractivity contribution in [1.29, 1.82) is 0 Å². The molecule has 25 heavy (non-hydrogen) atoms. The summed E-state index contributed by atoms with van der Waals surface area (Å²) in [5.41, 5.74) is 1.15. The Labute approximate surface area is 156 Å². The molecule has 1 aromatic rings. The average Bonchev–Trinajstić information content (AvgIpc) is 2.68. The Morgan fingerprint density at radius 3 is 2.48 bits per heavy atom. The van der Waals surface area contributed by atoms with E-state index in [0.29, 0.717) is 11.8 Å². The molecule has 0 saturated carbocycles. The Balaban J connectivity index is 1.67. The van der Waals surface area contributed by atoms with Gasteiger partial charge in [-0.15, -0.1) is 0 Å². The van der Waals surface area contributed by atoms with Crippen LogP contribution >= 0.6 is 11.8 Å². The Bertz CT molecular complexity index is 525. The standard InChI is InChI=1S/C20H31N3OS/c1-2-21-16-17-8-10-23(11-9-17)20(24)19(18-6-4-3-5-7-18)22-12-14-25-15-13-22/h3-7,17,19,21H,2,8-16H2,1H3. The molecule has 2 aliphatic rings. The van der Waals surface area contributed by atoms with Gasteiger partial charge in [0.15, 0.2) is 0 Å². The fourth-order valence-corrected chi connectivity index (χ4v) is 4.79. The molecule has 2 fully saturated rings. The van der Waals surface area contributed by atoms with Crippen LogP contribution in [0.2, 0.25) is 0 Å². The van der Waals surface area contributed by atoms with Gasteiger partial charge in [-0.2, -0.15) is 11.8 Å². The lowest BCUT2D eigenvalue weighted by Crippen LogP contribution is -2.48. The highest BCUT2D eigenvalue weighted by Crippen LogP contribution is 2.28. The molecule has 1 amide bonds. The molecule has 1 atom stereocenters. The van der Waals surface area contributed by atoms with Crippen LogP contribution in [0.5, 0.6) is 0 Å². The van der Waals surface area contributed by atoms with Crippen molar-refractivity contribution in [3.8, 4) is 0 Å². The third-order valence-corrected chi connectivity index (χ3v) is 6.31. The highest BCUT2D eigenvalue weighted by molar-refractivity contribution is 7.99. The smallest absolute Gasteiger partial charge is 0.244 e. The van der Waals surface area contributed by atoms with E-state index in [1.54, 1.807) is 0 Å². The number of piperidine rings is 1. The number of rotatable bonds is 6. The van der Waals surface area contributed by atoms with Gasteiger partial charge < -0.3 is 10.2 Å². The topological polar surface area (TPSA) is 35.6 Å². The molecular formula is C20H31N3OS. The minimum atomic E-state index is -0.104. The number of likely N-dealkylation sites (tertiary alicyclic amines) is 1. The second-order valence-corrected chi connectivity index (χ2v) is 8.26. The van der Waals surface area contributed by atoms with Crippen LogP contribution in [0.3, 0.4) is 0 Å². The van der Waals surface area contributed by atoms with Gasteiger partial charge in [0.05, 0.1) is 0 Å². The van der Waals surface area contributed by atoms with Crippen molar-refractivity contribution in [1.82, 2.24) is 15.1 Å². The fourth-order valence-electron chi connectivity index (χ4n) is 3.86. The van der Waals surface area contributed by atoms with E-state index >= 15 is 0 Å². The summed E-state index contributed by atoms with van der Waals surface area (Å²) < 4.78 is 0. The number of benzene rings is 1. The van der Waals surface area contributed by atoms with Gasteiger partial charge in [-0.25, -0.2) is 0 Å². The van der Waals surface area contributed by atoms with Gasteiger partial charge >= 0.3 is 0 Å². The molecule has 3 rings (SSSR count). The van der Waals surface area contributed by atoms with Crippen LogP contribution in [0.1, 0.15) is 31.4 Å². The van der Waals surface area contributed by atoms with E-state index < -0.39 is 0 Å². The number of hydrogen-bond donors (Lipinski definition) is 1. The number of carbonyl (C=O) groups is 1. The summed E-state index contributed by atoms with van der Waals surface area (Å²) >= 11 is 1.99. The van der Waals surface area contributed by atoms with Gasteiger partial charge in [0.1, 0.15) is 6.04 Å². The second kappa shape index (κ2) is 9.60. The van der Waals surface area contributed by atoms with Gasteiger partial charge in [-0.1, -0.05) is 37.3 Å². The Morgan fingerprint density at radius 1 is 1.16 bits per heavy atom. The molecular weight excluding hydrogens is 330 g/mol. The van der Waals surface area contributed by atoms with E-state index in [1.807, 2.05) is 17.8 Å². The van der Waals surface area contributed by atoms with Crippen molar-refractivity contribution >= 4 is 17.7 Å². The normalized spacial score (nSPS) is 21.2. The van der Waals surface area contributed by atoms with Crippen LogP contribution in [0.25, 0.3) is 0 Å². The number of thioether (sulfide) groups is 1. The molecule has 4 nitrogen and oxygen atoms in total. The quantitative estimate of drug-likeness (QED) is 0.845. The lowest BCUT2D eigenvalue weighted by Gasteiger charge is -2.39. The largest absolute Gasteiger partial charge is 0.341 e. The van der Waals surface area contributed by atoms with Gasteiger partial charge in [0, 0.05) is 37.7 Å². The Morgan fingerprint density at radius 2 is 1.84 bits per heavy atom. The summed E-state index contributed by atoms with van der Waals surface area (Å²) in [7, 11) is 0. The maximum atomic E-state index is 13.4. The monoisotopic (exact) mass is 361 g/mol. The predicted octanol–water partition coefficient (Wildman–Crippen LogP) is 2.62. The zero-order valence-corrected chi connectivity index (χ0v) is 16.1. The van der Waals surface area contributed by atoms with Crippen molar-refractivity contribution in [2.45, 2.75) is 25.8 Å². The maximum Gasteiger partial charge on any atom is 0.244 e. The summed E-state index contributed by atoms with van der Waals surface area (Å²) in [6, 6.07) is 10.3. The van der Waals surface area contributed by atoms with Crippen LogP contribution in [0, 0.1) is 5.92 Å². The van der Waals surface area contributed by atoms with Crippen LogP contribution in [0.4, 0.5) is 0 Å². The average molecular weight is 362 g/mol. The maximum absolute atomic E-state index is 13.4. The van der Waals surface area contributed by atoms with E-state index in [9.17, 15) is 4.79 Å². The lowest BCUT2D eigenvalue weighted by atomic mass is 9.95. The molecule has 0 aromatic heterocycles. The molecule has 1 unspecified atom stereocenters. The third-order valence-electron chi connectivity index (χ3n) is 5.37. The lowest BCUT2D eigenvalue weighted by molar-refractivity contribution is -0.138. The molecule has 2 aliphatic heterocycles. The predicted molar refractivity (Wildman–Crippen MR) is 106 cm³/mol. The molecule has 138 valence electrons. The van der Waals surface area contributed by atoms with E-state index in [-0.39, 0.29) is 6.04 Å². The molecule has 0 bridgehead atoms. The first-order valence-electron chi connectivity index (χ1n) is 9.66. The van der Waals surface area contributed by atoms with Gasteiger partial charge in [0.25, 0.3) is 0 Å². The molecule has 5 heteroatoms. The third kappa shape index (κ3) is 4.99. The van der Waals surface area contributed by atoms with Crippen molar-refractivity contribution in [3.05, 3.63) is 35.9 Å². The fraction of sp³-hybridized carbons (Fsp3) is 0.650. The minimum absolute atomic E-state index is 0.104. The number of nitrogens with one attached hydrogen (secondary N) is 1. The van der Waals surface area contributed by atoms with Crippen molar-refractivity contribution < 1.29 is 4.79 Å².